The van der Waals surface area contributed by atoms with Gasteiger partial charge < -0.3 is 31.2 Å². The summed E-state index contributed by atoms with van der Waals surface area (Å²) < 4.78 is 11.1. The smallest absolute Gasteiger partial charge is 0.343 e. The van der Waals surface area contributed by atoms with Crippen LogP contribution in [0.4, 0.5) is 5.69 Å². The van der Waals surface area contributed by atoms with Crippen molar-refractivity contribution in [3.8, 4) is 11.5 Å². The van der Waals surface area contributed by atoms with E-state index in [0.29, 0.717) is 24.1 Å². The van der Waals surface area contributed by atoms with E-state index in [9.17, 15) is 24.3 Å². The minimum atomic E-state index is -1.50. The Morgan fingerprint density at radius 1 is 1.13 bits per heavy atom. The third-order valence-corrected chi connectivity index (χ3v) is 4.81. The van der Waals surface area contributed by atoms with Gasteiger partial charge in [0, 0.05) is 5.69 Å². The van der Waals surface area contributed by atoms with E-state index in [2.05, 4.69) is 0 Å². The maximum atomic E-state index is 12.8. The van der Waals surface area contributed by atoms with E-state index in [1.54, 1.807) is 12.1 Å². The number of nitrogens with two attached hydrogens (primary N) is 2. The first-order valence-corrected chi connectivity index (χ1v) is 9.33. The number of benzene rings is 2. The second kappa shape index (κ2) is 8.74. The zero-order valence-electron chi connectivity index (χ0n) is 16.3. The lowest BCUT2D eigenvalue weighted by molar-refractivity contribution is -0.145. The van der Waals surface area contributed by atoms with Crippen molar-refractivity contribution in [1.82, 2.24) is 0 Å². The molecule has 1 aliphatic heterocycles. The average Bonchev–Trinajstić information content (AvgIpc) is 2.69. The standard InChI is InChI=1S/C21H20N2O8/c22-12-3-4-13-10(6-12)2-1-5-30-18-15(19(23)26)7-11(8-16(18)31-21(13)29)14(20(27)28)9-17(24)25/h3-4,6-8,14H,1-2,5,9,22H2,(H2,23,26)(H,24,25)(H,27,28). The van der Waals surface area contributed by atoms with Gasteiger partial charge in [-0.3, -0.25) is 14.4 Å². The lowest BCUT2D eigenvalue weighted by Gasteiger charge is -2.20. The number of rotatable bonds is 5. The van der Waals surface area contributed by atoms with Gasteiger partial charge in [0.15, 0.2) is 11.5 Å². The molecule has 2 aromatic rings. The van der Waals surface area contributed by atoms with E-state index < -0.39 is 36.2 Å². The molecule has 0 saturated heterocycles. The van der Waals surface area contributed by atoms with Gasteiger partial charge in [0.2, 0.25) is 0 Å². The molecule has 1 amide bonds. The van der Waals surface area contributed by atoms with Crippen LogP contribution in [0.25, 0.3) is 0 Å². The SMILES string of the molecule is NC(=O)c1cc(C(CC(=O)O)C(=O)O)cc2c1OCCCc1cc(N)ccc1C(=O)O2. The maximum absolute atomic E-state index is 12.8. The van der Waals surface area contributed by atoms with E-state index in [1.807, 2.05) is 0 Å². The van der Waals surface area contributed by atoms with Crippen molar-refractivity contribution in [2.45, 2.75) is 25.2 Å². The highest BCUT2D eigenvalue weighted by Gasteiger charge is 2.29. The fourth-order valence-corrected chi connectivity index (χ4v) is 3.37. The minimum Gasteiger partial charge on any atom is -0.489 e. The molecule has 31 heavy (non-hydrogen) atoms. The second-order valence-electron chi connectivity index (χ2n) is 7.01. The third kappa shape index (κ3) is 4.74. The van der Waals surface area contributed by atoms with Crippen molar-refractivity contribution >= 4 is 29.5 Å². The number of carbonyl (C=O) groups is 4. The van der Waals surface area contributed by atoms with Crippen LogP contribution in [0.2, 0.25) is 0 Å². The Balaban J connectivity index is 2.15. The van der Waals surface area contributed by atoms with Crippen LogP contribution in [0.3, 0.4) is 0 Å². The first-order valence-electron chi connectivity index (χ1n) is 9.33. The molecule has 0 fully saturated rings. The number of fused-ring (bicyclic) bond motifs is 2. The number of anilines is 1. The van der Waals surface area contributed by atoms with Crippen LogP contribution < -0.4 is 20.9 Å². The Bertz CT molecular complexity index is 1080. The number of ether oxygens (including phenoxy) is 2. The Kier molecular flexibility index (Phi) is 6.10. The maximum Gasteiger partial charge on any atom is 0.343 e. The van der Waals surface area contributed by atoms with Gasteiger partial charge >= 0.3 is 17.9 Å². The predicted octanol–water partition coefficient (Wildman–Crippen LogP) is 1.55. The number of aryl methyl sites for hydroxylation is 1. The summed E-state index contributed by atoms with van der Waals surface area (Å²) in [6, 6.07) is 7.04. The van der Waals surface area contributed by atoms with Gasteiger partial charge in [-0.1, -0.05) is 0 Å². The van der Waals surface area contributed by atoms with Gasteiger partial charge in [-0.2, -0.15) is 0 Å². The van der Waals surface area contributed by atoms with E-state index in [-0.39, 0.29) is 34.8 Å². The summed E-state index contributed by atoms with van der Waals surface area (Å²) in [6.45, 7) is 0.149. The lowest BCUT2D eigenvalue weighted by atomic mass is 9.93. The molecule has 0 aromatic heterocycles. The summed E-state index contributed by atoms with van der Waals surface area (Å²) in [4.78, 5) is 47.6. The summed E-state index contributed by atoms with van der Waals surface area (Å²) in [5.74, 6) is -6.32. The number of nitrogen functional groups attached to an aromatic ring is 1. The molecule has 1 unspecified atom stereocenters. The number of amides is 1. The van der Waals surface area contributed by atoms with Crippen molar-refractivity contribution in [2.75, 3.05) is 12.3 Å². The number of hydrogen-bond acceptors (Lipinski definition) is 7. The first-order chi connectivity index (χ1) is 14.7. The van der Waals surface area contributed by atoms with Gasteiger partial charge in [0.25, 0.3) is 5.91 Å². The zero-order valence-corrected chi connectivity index (χ0v) is 16.3. The van der Waals surface area contributed by atoms with Gasteiger partial charge in [-0.25, -0.2) is 4.79 Å². The number of aliphatic carboxylic acids is 2. The molecule has 162 valence electrons. The molecule has 0 spiro atoms. The molecule has 10 nitrogen and oxygen atoms in total. The summed E-state index contributed by atoms with van der Waals surface area (Å²) in [6.07, 6.45) is 0.206. The van der Waals surface area contributed by atoms with Crippen LogP contribution in [-0.4, -0.2) is 40.6 Å². The molecule has 0 aliphatic carbocycles. The Labute approximate surface area is 176 Å². The minimum absolute atomic E-state index is 0.0616. The van der Waals surface area contributed by atoms with E-state index in [0.717, 1.165) is 6.07 Å². The highest BCUT2D eigenvalue weighted by atomic mass is 16.6. The number of hydrogen-bond donors (Lipinski definition) is 4. The molecule has 3 rings (SSSR count). The van der Waals surface area contributed by atoms with Crippen molar-refractivity contribution in [3.05, 3.63) is 52.6 Å². The highest BCUT2D eigenvalue weighted by molar-refractivity contribution is 5.99. The molecule has 6 N–H and O–H groups in total. The van der Waals surface area contributed by atoms with Crippen molar-refractivity contribution in [1.29, 1.82) is 0 Å². The number of carbonyl (C=O) groups excluding carboxylic acids is 2. The third-order valence-electron chi connectivity index (χ3n) is 4.81. The Hall–Kier alpha value is -4.08. The number of primary amides is 1. The van der Waals surface area contributed by atoms with Gasteiger partial charge in [-0.15, -0.1) is 0 Å². The second-order valence-corrected chi connectivity index (χ2v) is 7.01. The first kappa shape index (κ1) is 21.6. The summed E-state index contributed by atoms with van der Waals surface area (Å²) >= 11 is 0. The predicted molar refractivity (Wildman–Crippen MR) is 107 cm³/mol. The molecule has 0 bridgehead atoms. The Morgan fingerprint density at radius 3 is 2.52 bits per heavy atom. The lowest BCUT2D eigenvalue weighted by Crippen LogP contribution is -2.21. The van der Waals surface area contributed by atoms with Crippen LogP contribution in [0.5, 0.6) is 11.5 Å². The fourth-order valence-electron chi connectivity index (χ4n) is 3.37. The van der Waals surface area contributed by atoms with Crippen LogP contribution in [0, 0.1) is 0 Å². The van der Waals surface area contributed by atoms with E-state index in [4.69, 9.17) is 26.0 Å². The molecular formula is C21H20N2O8. The van der Waals surface area contributed by atoms with Crippen LogP contribution in [-0.2, 0) is 16.0 Å². The molecule has 2 aromatic carbocycles. The van der Waals surface area contributed by atoms with Crippen LogP contribution >= 0.6 is 0 Å². The van der Waals surface area contributed by atoms with Crippen molar-refractivity contribution in [2.24, 2.45) is 5.73 Å². The van der Waals surface area contributed by atoms with Crippen molar-refractivity contribution < 1.29 is 38.9 Å². The normalized spacial score (nSPS) is 14.3. The Morgan fingerprint density at radius 2 is 1.87 bits per heavy atom. The van der Waals surface area contributed by atoms with Crippen LogP contribution in [0.1, 0.15) is 50.6 Å². The quantitative estimate of drug-likeness (QED) is 0.312. The van der Waals surface area contributed by atoms with E-state index >= 15 is 0 Å². The molecular weight excluding hydrogens is 408 g/mol. The zero-order chi connectivity index (χ0) is 22.7. The number of esters is 1. The molecule has 1 heterocycles. The van der Waals surface area contributed by atoms with Gasteiger partial charge in [0.1, 0.15) is 0 Å². The van der Waals surface area contributed by atoms with Crippen molar-refractivity contribution in [3.63, 3.8) is 0 Å². The summed E-state index contributed by atoms with van der Waals surface area (Å²) in [5, 5.41) is 18.5. The number of carboxylic acid groups (broad SMARTS) is 2. The van der Waals surface area contributed by atoms with E-state index in [1.165, 1.54) is 12.1 Å². The molecule has 0 radical (unpaired) electrons. The average molecular weight is 428 g/mol. The largest absolute Gasteiger partial charge is 0.489 e. The molecule has 1 atom stereocenters. The topological polar surface area (TPSA) is 179 Å². The van der Waals surface area contributed by atoms with Crippen LogP contribution in [0.15, 0.2) is 30.3 Å². The number of carboxylic acids is 2. The molecule has 1 aliphatic rings. The highest BCUT2D eigenvalue weighted by Crippen LogP contribution is 2.37. The molecule has 0 saturated carbocycles. The summed E-state index contributed by atoms with van der Waals surface area (Å²) in [5.41, 5.74) is 12.3. The van der Waals surface area contributed by atoms with Gasteiger partial charge in [-0.05, 0) is 54.3 Å². The monoisotopic (exact) mass is 428 g/mol. The molecule has 10 heteroatoms. The summed E-state index contributed by atoms with van der Waals surface area (Å²) in [7, 11) is 0. The fraction of sp³-hybridized carbons (Fsp3) is 0.238. The van der Waals surface area contributed by atoms with Gasteiger partial charge in [0.05, 0.1) is 30.1 Å².